The molecular formula is C15H19FN2. The average molecular weight is 246 g/mol. The summed E-state index contributed by atoms with van der Waals surface area (Å²) in [4.78, 5) is 2.14. The van der Waals surface area contributed by atoms with Gasteiger partial charge in [0.15, 0.2) is 0 Å². The van der Waals surface area contributed by atoms with Crippen LogP contribution in [-0.4, -0.2) is 16.8 Å². The molecule has 1 atom stereocenters. The number of fused-ring (bicyclic) bond motifs is 1. The average Bonchev–Trinajstić information content (AvgIpc) is 2.98. The topological polar surface area (TPSA) is 27.1 Å². The van der Waals surface area contributed by atoms with Gasteiger partial charge in [-0.15, -0.1) is 0 Å². The molecule has 18 heavy (non-hydrogen) atoms. The Morgan fingerprint density at radius 1 is 1.33 bits per heavy atom. The molecule has 3 rings (SSSR count). The van der Waals surface area contributed by atoms with E-state index in [4.69, 9.17) is 5.41 Å². The van der Waals surface area contributed by atoms with E-state index in [1.807, 2.05) is 6.07 Å². The molecule has 1 N–H and O–H groups in total. The summed E-state index contributed by atoms with van der Waals surface area (Å²) < 4.78 is 13.2. The Labute approximate surface area is 107 Å². The van der Waals surface area contributed by atoms with Gasteiger partial charge >= 0.3 is 0 Å². The monoisotopic (exact) mass is 246 g/mol. The summed E-state index contributed by atoms with van der Waals surface area (Å²) in [6.07, 6.45) is 5.18. The molecule has 0 radical (unpaired) electrons. The fraction of sp³-hybridized carbons (Fsp3) is 0.533. The van der Waals surface area contributed by atoms with Crippen molar-refractivity contribution in [3.05, 3.63) is 35.1 Å². The van der Waals surface area contributed by atoms with E-state index >= 15 is 0 Å². The second-order valence-electron chi connectivity index (χ2n) is 5.56. The van der Waals surface area contributed by atoms with Crippen molar-refractivity contribution in [1.29, 1.82) is 5.41 Å². The lowest BCUT2D eigenvalue weighted by atomic mass is 9.98. The Kier molecular flexibility index (Phi) is 2.84. The third-order valence-electron chi connectivity index (χ3n) is 4.53. The number of rotatable bonds is 2. The fourth-order valence-electron chi connectivity index (χ4n) is 3.37. The molecule has 0 saturated heterocycles. The van der Waals surface area contributed by atoms with Crippen LogP contribution in [-0.2, 0) is 6.54 Å². The molecule has 1 fully saturated rings. The first-order valence-corrected chi connectivity index (χ1v) is 6.81. The van der Waals surface area contributed by atoms with Crippen LogP contribution < -0.4 is 0 Å². The molecule has 3 heteroatoms. The third kappa shape index (κ3) is 1.82. The van der Waals surface area contributed by atoms with Gasteiger partial charge in [-0.25, -0.2) is 4.39 Å². The van der Waals surface area contributed by atoms with Gasteiger partial charge in [-0.1, -0.05) is 18.9 Å². The molecule has 1 aromatic carbocycles. The molecule has 1 aliphatic carbocycles. The summed E-state index contributed by atoms with van der Waals surface area (Å²) in [6.45, 7) is 2.98. The van der Waals surface area contributed by atoms with Crippen LogP contribution in [0, 0.1) is 17.1 Å². The van der Waals surface area contributed by atoms with Crippen LogP contribution in [0.5, 0.6) is 0 Å². The number of hydrogen-bond acceptors (Lipinski definition) is 1. The molecule has 96 valence electrons. The van der Waals surface area contributed by atoms with Crippen molar-refractivity contribution < 1.29 is 4.39 Å². The fourth-order valence-corrected chi connectivity index (χ4v) is 3.37. The van der Waals surface area contributed by atoms with Crippen LogP contribution >= 0.6 is 0 Å². The molecule has 1 saturated carbocycles. The minimum atomic E-state index is -0.242. The number of nitrogens with one attached hydrogen (secondary N) is 1. The lowest BCUT2D eigenvalue weighted by molar-refractivity contribution is 0.245. The summed E-state index contributed by atoms with van der Waals surface area (Å²) in [5, 5.41) is 8.24. The second kappa shape index (κ2) is 4.38. The first-order valence-electron chi connectivity index (χ1n) is 6.81. The zero-order chi connectivity index (χ0) is 12.7. The summed E-state index contributed by atoms with van der Waals surface area (Å²) in [5.41, 5.74) is 1.87. The Morgan fingerprint density at radius 2 is 2.06 bits per heavy atom. The second-order valence-corrected chi connectivity index (χ2v) is 5.56. The van der Waals surface area contributed by atoms with E-state index in [2.05, 4.69) is 11.8 Å². The van der Waals surface area contributed by atoms with Crippen LogP contribution in [0.4, 0.5) is 4.39 Å². The highest BCUT2D eigenvalue weighted by molar-refractivity contribution is 6.00. The van der Waals surface area contributed by atoms with Gasteiger partial charge in [0, 0.05) is 18.2 Å². The predicted octanol–water partition coefficient (Wildman–Crippen LogP) is 3.55. The first kappa shape index (κ1) is 11.7. The van der Waals surface area contributed by atoms with Crippen molar-refractivity contribution in [2.75, 3.05) is 0 Å². The van der Waals surface area contributed by atoms with Crippen molar-refractivity contribution >= 4 is 5.84 Å². The molecule has 0 aromatic heterocycles. The molecule has 1 aromatic rings. The SMILES string of the molecule is CC(C1CCCC1)N1Cc2ccc(F)cc2C1=N. The van der Waals surface area contributed by atoms with Crippen LogP contribution in [0.15, 0.2) is 18.2 Å². The van der Waals surface area contributed by atoms with Crippen molar-refractivity contribution in [3.63, 3.8) is 0 Å². The molecule has 0 amide bonds. The Hall–Kier alpha value is -1.38. The lowest BCUT2D eigenvalue weighted by Gasteiger charge is -2.30. The molecule has 0 spiro atoms. The normalized spacial score (nSPS) is 21.4. The molecule has 1 aliphatic heterocycles. The molecule has 2 nitrogen and oxygen atoms in total. The number of benzene rings is 1. The maximum Gasteiger partial charge on any atom is 0.129 e. The van der Waals surface area contributed by atoms with Gasteiger partial charge in [-0.2, -0.15) is 0 Å². The first-order chi connectivity index (χ1) is 8.66. The molecular weight excluding hydrogens is 227 g/mol. The van der Waals surface area contributed by atoms with Gasteiger partial charge in [-0.3, -0.25) is 5.41 Å². The number of hydrogen-bond donors (Lipinski definition) is 1. The largest absolute Gasteiger partial charge is 0.349 e. The maximum absolute atomic E-state index is 13.2. The number of halogens is 1. The molecule has 2 aliphatic rings. The van der Waals surface area contributed by atoms with Gasteiger partial charge in [0.05, 0.1) is 0 Å². The standard InChI is InChI=1S/C15H19FN2/c1-10(11-4-2-3-5-11)18-9-12-6-7-13(16)8-14(12)15(18)17/h6-8,10-11,17H,2-5,9H2,1H3. The molecule has 1 unspecified atom stereocenters. The number of amidine groups is 1. The smallest absolute Gasteiger partial charge is 0.129 e. The zero-order valence-corrected chi connectivity index (χ0v) is 10.7. The van der Waals surface area contributed by atoms with E-state index in [-0.39, 0.29) is 5.82 Å². The molecule has 1 heterocycles. The van der Waals surface area contributed by atoms with E-state index < -0.39 is 0 Å². The van der Waals surface area contributed by atoms with Gasteiger partial charge in [0.1, 0.15) is 11.7 Å². The summed E-state index contributed by atoms with van der Waals surface area (Å²) in [7, 11) is 0. The van der Waals surface area contributed by atoms with E-state index in [1.54, 1.807) is 0 Å². The minimum absolute atomic E-state index is 0.242. The van der Waals surface area contributed by atoms with Crippen LogP contribution in [0.3, 0.4) is 0 Å². The lowest BCUT2D eigenvalue weighted by Crippen LogP contribution is -2.37. The van der Waals surface area contributed by atoms with Crippen molar-refractivity contribution in [1.82, 2.24) is 4.90 Å². The minimum Gasteiger partial charge on any atom is -0.349 e. The predicted molar refractivity (Wildman–Crippen MR) is 70.2 cm³/mol. The van der Waals surface area contributed by atoms with E-state index in [0.29, 0.717) is 17.8 Å². The van der Waals surface area contributed by atoms with Gasteiger partial charge < -0.3 is 4.90 Å². The highest BCUT2D eigenvalue weighted by Crippen LogP contribution is 2.34. The van der Waals surface area contributed by atoms with E-state index in [1.165, 1.54) is 37.8 Å². The summed E-state index contributed by atoms with van der Waals surface area (Å²) >= 11 is 0. The van der Waals surface area contributed by atoms with Crippen LogP contribution in [0.2, 0.25) is 0 Å². The van der Waals surface area contributed by atoms with Crippen molar-refractivity contribution in [2.24, 2.45) is 5.92 Å². The number of nitrogens with zero attached hydrogens (tertiary/aromatic N) is 1. The molecule has 0 bridgehead atoms. The summed E-state index contributed by atoms with van der Waals surface area (Å²) in [6, 6.07) is 5.21. The Morgan fingerprint density at radius 3 is 2.78 bits per heavy atom. The van der Waals surface area contributed by atoms with Crippen molar-refractivity contribution in [3.8, 4) is 0 Å². The van der Waals surface area contributed by atoms with Crippen LogP contribution in [0.25, 0.3) is 0 Å². The Balaban J connectivity index is 1.83. The Bertz CT molecular complexity index is 477. The van der Waals surface area contributed by atoms with Gasteiger partial charge in [0.2, 0.25) is 0 Å². The summed E-state index contributed by atoms with van der Waals surface area (Å²) in [5.74, 6) is 0.960. The quantitative estimate of drug-likeness (QED) is 0.849. The zero-order valence-electron chi connectivity index (χ0n) is 10.7. The van der Waals surface area contributed by atoms with Crippen molar-refractivity contribution in [2.45, 2.75) is 45.2 Å². The highest BCUT2D eigenvalue weighted by Gasteiger charge is 2.33. The van der Waals surface area contributed by atoms with Gasteiger partial charge in [0.25, 0.3) is 0 Å². The highest BCUT2D eigenvalue weighted by atomic mass is 19.1. The third-order valence-corrected chi connectivity index (χ3v) is 4.53. The van der Waals surface area contributed by atoms with Gasteiger partial charge in [-0.05, 0) is 43.4 Å². The van der Waals surface area contributed by atoms with Crippen LogP contribution in [0.1, 0.15) is 43.7 Å². The van der Waals surface area contributed by atoms with E-state index in [9.17, 15) is 4.39 Å². The maximum atomic E-state index is 13.2. The van der Waals surface area contributed by atoms with E-state index in [0.717, 1.165) is 17.7 Å².